The average Bonchev–Trinajstić information content (AvgIpc) is 2.30. The van der Waals surface area contributed by atoms with Crippen LogP contribution in [-0.4, -0.2) is 34.3 Å². The van der Waals surface area contributed by atoms with E-state index in [-0.39, 0.29) is 12.6 Å². The van der Waals surface area contributed by atoms with E-state index >= 15 is 0 Å². The average molecular weight is 193 g/mol. The molecule has 1 fully saturated rings. The number of rotatable bonds is 2. The van der Waals surface area contributed by atoms with Crippen LogP contribution in [0.15, 0.2) is 18.6 Å². The lowest BCUT2D eigenvalue weighted by molar-refractivity contribution is 0.239. The zero-order chi connectivity index (χ0) is 9.80. The number of aliphatic hydroxyl groups excluding tert-OH is 1. The quantitative estimate of drug-likeness (QED) is 0.755. The maximum atomic E-state index is 9.24. The zero-order valence-corrected chi connectivity index (χ0v) is 8.13. The number of hydrogen-bond acceptors (Lipinski definition) is 4. The van der Waals surface area contributed by atoms with Gasteiger partial charge in [-0.1, -0.05) is 0 Å². The summed E-state index contributed by atoms with van der Waals surface area (Å²) in [7, 11) is 0. The summed E-state index contributed by atoms with van der Waals surface area (Å²) in [5, 5.41) is 9.24. The van der Waals surface area contributed by atoms with Crippen LogP contribution in [0.3, 0.4) is 0 Å². The van der Waals surface area contributed by atoms with Gasteiger partial charge in [-0.2, -0.15) is 0 Å². The lowest BCUT2D eigenvalue weighted by atomic mass is 10.0. The highest BCUT2D eigenvalue weighted by molar-refractivity contribution is 5.38. The molecule has 0 unspecified atom stereocenters. The van der Waals surface area contributed by atoms with Gasteiger partial charge in [0.25, 0.3) is 0 Å². The first-order chi connectivity index (χ1) is 6.92. The van der Waals surface area contributed by atoms with Crippen LogP contribution in [0.2, 0.25) is 0 Å². The third kappa shape index (κ3) is 1.85. The van der Waals surface area contributed by atoms with E-state index in [1.54, 1.807) is 12.5 Å². The molecule has 0 radical (unpaired) electrons. The summed E-state index contributed by atoms with van der Waals surface area (Å²) in [6, 6.07) is 2.13. The van der Waals surface area contributed by atoms with Crippen molar-refractivity contribution in [3.8, 4) is 0 Å². The molecule has 0 bridgehead atoms. The molecule has 1 atom stereocenters. The second-order valence-electron chi connectivity index (χ2n) is 3.59. The van der Waals surface area contributed by atoms with Gasteiger partial charge in [-0.3, -0.25) is 0 Å². The summed E-state index contributed by atoms with van der Waals surface area (Å²) in [4.78, 5) is 10.3. The first-order valence-electron chi connectivity index (χ1n) is 5.05. The third-order valence-corrected chi connectivity index (χ3v) is 2.70. The standard InChI is InChI=1S/C10H15N3O/c14-7-9-3-1-2-6-13(9)10-4-5-11-8-12-10/h4-5,8-9,14H,1-3,6-7H2/t9-/m1/s1. The molecule has 1 saturated heterocycles. The van der Waals surface area contributed by atoms with Crippen molar-refractivity contribution in [2.45, 2.75) is 25.3 Å². The Morgan fingerprint density at radius 1 is 1.50 bits per heavy atom. The van der Waals surface area contributed by atoms with Gasteiger partial charge in [0.2, 0.25) is 0 Å². The molecule has 0 aliphatic carbocycles. The second-order valence-corrected chi connectivity index (χ2v) is 3.59. The van der Waals surface area contributed by atoms with Gasteiger partial charge in [-0.15, -0.1) is 0 Å². The van der Waals surface area contributed by atoms with E-state index in [1.165, 1.54) is 12.8 Å². The molecule has 2 heterocycles. The number of aliphatic hydroxyl groups is 1. The van der Waals surface area contributed by atoms with Crippen molar-refractivity contribution in [1.82, 2.24) is 9.97 Å². The summed E-state index contributed by atoms with van der Waals surface area (Å²) in [6.07, 6.45) is 6.73. The van der Waals surface area contributed by atoms with Crippen LogP contribution in [0.1, 0.15) is 19.3 Å². The number of nitrogens with zero attached hydrogens (tertiary/aromatic N) is 3. The Bertz CT molecular complexity index is 278. The minimum Gasteiger partial charge on any atom is -0.394 e. The van der Waals surface area contributed by atoms with E-state index in [0.29, 0.717) is 0 Å². The van der Waals surface area contributed by atoms with Crippen LogP contribution in [0, 0.1) is 0 Å². The van der Waals surface area contributed by atoms with Gasteiger partial charge in [-0.25, -0.2) is 9.97 Å². The Labute approximate surface area is 83.6 Å². The van der Waals surface area contributed by atoms with Crippen molar-refractivity contribution in [3.05, 3.63) is 18.6 Å². The molecule has 1 N–H and O–H groups in total. The Morgan fingerprint density at radius 2 is 2.43 bits per heavy atom. The number of anilines is 1. The predicted octanol–water partition coefficient (Wildman–Crippen LogP) is 0.828. The Morgan fingerprint density at radius 3 is 3.14 bits per heavy atom. The molecule has 2 rings (SSSR count). The van der Waals surface area contributed by atoms with Crippen molar-refractivity contribution < 1.29 is 5.11 Å². The minimum absolute atomic E-state index is 0.212. The molecule has 4 heteroatoms. The molecule has 0 amide bonds. The van der Waals surface area contributed by atoms with Gasteiger partial charge in [-0.05, 0) is 25.3 Å². The normalized spacial score (nSPS) is 22.4. The van der Waals surface area contributed by atoms with Gasteiger partial charge in [0.05, 0.1) is 12.6 Å². The lowest BCUT2D eigenvalue weighted by Crippen LogP contribution is -2.42. The van der Waals surface area contributed by atoms with E-state index in [4.69, 9.17) is 0 Å². The van der Waals surface area contributed by atoms with E-state index in [0.717, 1.165) is 18.8 Å². The molecule has 1 aromatic rings. The molecule has 0 spiro atoms. The fraction of sp³-hybridized carbons (Fsp3) is 0.600. The van der Waals surface area contributed by atoms with Crippen molar-refractivity contribution in [1.29, 1.82) is 0 Å². The first-order valence-corrected chi connectivity index (χ1v) is 5.05. The monoisotopic (exact) mass is 193 g/mol. The Hall–Kier alpha value is -1.16. The SMILES string of the molecule is OC[C@H]1CCCCN1c1ccncn1. The Kier molecular flexibility index (Phi) is 2.93. The maximum Gasteiger partial charge on any atom is 0.132 e. The van der Waals surface area contributed by atoms with Crippen LogP contribution in [0.25, 0.3) is 0 Å². The third-order valence-electron chi connectivity index (χ3n) is 2.70. The maximum absolute atomic E-state index is 9.24. The fourth-order valence-electron chi connectivity index (χ4n) is 1.95. The van der Waals surface area contributed by atoms with Gasteiger partial charge in [0, 0.05) is 12.7 Å². The highest BCUT2D eigenvalue weighted by Gasteiger charge is 2.22. The van der Waals surface area contributed by atoms with Gasteiger partial charge < -0.3 is 10.0 Å². The largest absolute Gasteiger partial charge is 0.394 e. The van der Waals surface area contributed by atoms with Gasteiger partial charge in [0.1, 0.15) is 12.1 Å². The summed E-state index contributed by atoms with van der Waals surface area (Å²) in [5.41, 5.74) is 0. The lowest BCUT2D eigenvalue weighted by Gasteiger charge is -2.35. The van der Waals surface area contributed by atoms with Crippen LogP contribution in [0.4, 0.5) is 5.82 Å². The van der Waals surface area contributed by atoms with Crippen molar-refractivity contribution in [2.24, 2.45) is 0 Å². The summed E-state index contributed by atoms with van der Waals surface area (Å²) < 4.78 is 0. The van der Waals surface area contributed by atoms with E-state index in [9.17, 15) is 5.11 Å². The molecule has 0 saturated carbocycles. The van der Waals surface area contributed by atoms with E-state index < -0.39 is 0 Å². The number of piperidine rings is 1. The first kappa shape index (κ1) is 9.40. The van der Waals surface area contributed by atoms with E-state index in [2.05, 4.69) is 14.9 Å². The van der Waals surface area contributed by atoms with Crippen LogP contribution < -0.4 is 4.90 Å². The summed E-state index contributed by atoms with van der Waals surface area (Å²) in [5.74, 6) is 0.929. The second kappa shape index (κ2) is 4.37. The molecular formula is C10H15N3O. The van der Waals surface area contributed by atoms with Gasteiger partial charge in [0.15, 0.2) is 0 Å². The highest BCUT2D eigenvalue weighted by atomic mass is 16.3. The molecule has 1 aliphatic heterocycles. The molecule has 76 valence electrons. The van der Waals surface area contributed by atoms with Crippen LogP contribution in [0.5, 0.6) is 0 Å². The topological polar surface area (TPSA) is 49.2 Å². The number of aromatic nitrogens is 2. The summed E-state index contributed by atoms with van der Waals surface area (Å²) in [6.45, 7) is 1.20. The molecule has 4 nitrogen and oxygen atoms in total. The van der Waals surface area contributed by atoms with Crippen molar-refractivity contribution in [2.75, 3.05) is 18.1 Å². The van der Waals surface area contributed by atoms with Crippen LogP contribution >= 0.6 is 0 Å². The molecule has 0 aromatic carbocycles. The zero-order valence-electron chi connectivity index (χ0n) is 8.13. The van der Waals surface area contributed by atoms with Crippen LogP contribution in [-0.2, 0) is 0 Å². The van der Waals surface area contributed by atoms with Crippen molar-refractivity contribution in [3.63, 3.8) is 0 Å². The summed E-state index contributed by atoms with van der Waals surface area (Å²) >= 11 is 0. The smallest absolute Gasteiger partial charge is 0.132 e. The Balaban J connectivity index is 2.15. The number of hydrogen-bond donors (Lipinski definition) is 1. The minimum atomic E-state index is 0.212. The van der Waals surface area contributed by atoms with E-state index in [1.807, 2.05) is 6.07 Å². The van der Waals surface area contributed by atoms with Crippen molar-refractivity contribution >= 4 is 5.82 Å². The van der Waals surface area contributed by atoms with Gasteiger partial charge >= 0.3 is 0 Å². The predicted molar refractivity (Wildman–Crippen MR) is 54.1 cm³/mol. The molecule has 14 heavy (non-hydrogen) atoms. The fourth-order valence-corrected chi connectivity index (χ4v) is 1.95. The highest BCUT2D eigenvalue weighted by Crippen LogP contribution is 2.21. The molecule has 1 aromatic heterocycles. The molecule has 1 aliphatic rings. The molecular weight excluding hydrogens is 178 g/mol.